The smallest absolute Gasteiger partial charge is 0.287 e. The van der Waals surface area contributed by atoms with Crippen LogP contribution in [0.2, 0.25) is 0 Å². The van der Waals surface area contributed by atoms with Gasteiger partial charge in [-0.05, 0) is 91.0 Å². The first kappa shape index (κ1) is 31.6. The fourth-order valence-corrected chi connectivity index (χ4v) is 5.99. The molecule has 4 rings (SSSR count). The molecule has 0 aromatic rings. The second-order valence-electron chi connectivity index (χ2n) is 10.3. The highest BCUT2D eigenvalue weighted by Gasteiger charge is 2.41. The lowest BCUT2D eigenvalue weighted by Crippen LogP contribution is -2.25. The van der Waals surface area contributed by atoms with Gasteiger partial charge < -0.3 is 0 Å². The Hall–Kier alpha value is -3.38. The number of nitrogens with zero attached hydrogens (tertiary/aromatic N) is 1. The van der Waals surface area contributed by atoms with Crippen molar-refractivity contribution < 1.29 is 18.0 Å². The van der Waals surface area contributed by atoms with E-state index in [1.54, 1.807) is 24.3 Å². The Balaban J connectivity index is 1.61. The van der Waals surface area contributed by atoms with E-state index in [1.165, 1.54) is 11.8 Å². The summed E-state index contributed by atoms with van der Waals surface area (Å²) in [6.07, 6.45) is 15.2. The first-order valence-corrected chi connectivity index (χ1v) is 15.2. The molecule has 0 spiro atoms. The summed E-state index contributed by atoms with van der Waals surface area (Å²) >= 11 is 4.97. The molecule has 0 saturated carbocycles. The van der Waals surface area contributed by atoms with Gasteiger partial charge in [-0.2, -0.15) is 13.2 Å². The average molecular weight is 651 g/mol. The largest absolute Gasteiger partial charge is 0.418 e. The van der Waals surface area contributed by atoms with Crippen LogP contribution in [0.1, 0.15) is 46.0 Å². The van der Waals surface area contributed by atoms with E-state index in [0.717, 1.165) is 34.1 Å². The summed E-state index contributed by atoms with van der Waals surface area (Å²) in [4.78, 5) is 18.9. The van der Waals surface area contributed by atoms with E-state index in [1.807, 2.05) is 49.6 Å². The van der Waals surface area contributed by atoms with Crippen molar-refractivity contribution in [1.29, 1.82) is 0 Å². The highest BCUT2D eigenvalue weighted by atomic mass is 79.9. The Bertz CT molecular complexity index is 1610. The minimum absolute atomic E-state index is 0.0135. The predicted molar refractivity (Wildman–Crippen MR) is 173 cm³/mol. The number of carbonyl (C=O) groups is 1. The van der Waals surface area contributed by atoms with Crippen molar-refractivity contribution in [2.24, 2.45) is 4.99 Å². The number of carbonyl (C=O) groups excluding carboxylic acids is 1. The lowest BCUT2D eigenvalue weighted by atomic mass is 9.93. The second kappa shape index (κ2) is 13.7. The van der Waals surface area contributed by atoms with Gasteiger partial charge in [0.15, 0.2) is 0 Å². The number of rotatable bonds is 7. The molecule has 216 valence electrons. The van der Waals surface area contributed by atoms with E-state index in [0.29, 0.717) is 46.0 Å². The SMILES string of the molecule is C=C(C)C=CSC(=C)C1=CCC=C(C(=O)C2=C(Br)CC3=CC=C(C4=CC=C(C)CC=C=C4)C=C(C(F)(F)F)C3=N2)CC1. The van der Waals surface area contributed by atoms with Crippen molar-refractivity contribution >= 4 is 39.2 Å². The normalized spacial score (nSPS) is 19.5. The zero-order chi connectivity index (χ0) is 30.4. The average Bonchev–Trinajstić information content (AvgIpc) is 3.27. The van der Waals surface area contributed by atoms with Gasteiger partial charge in [-0.3, -0.25) is 4.79 Å². The molecule has 0 bridgehead atoms. The van der Waals surface area contributed by atoms with Crippen LogP contribution >= 0.6 is 27.7 Å². The lowest BCUT2D eigenvalue weighted by Gasteiger charge is -2.22. The molecule has 0 aromatic heterocycles. The van der Waals surface area contributed by atoms with Crippen molar-refractivity contribution in [2.45, 2.75) is 52.1 Å². The summed E-state index contributed by atoms with van der Waals surface area (Å²) in [5.41, 5.74) is 6.95. The Morgan fingerprint density at radius 3 is 2.55 bits per heavy atom. The molecular weight excluding hydrogens is 619 g/mol. The van der Waals surface area contributed by atoms with Crippen LogP contribution in [0, 0.1) is 0 Å². The van der Waals surface area contributed by atoms with Crippen LogP contribution < -0.4 is 0 Å². The minimum Gasteiger partial charge on any atom is -0.287 e. The number of aliphatic imine (C=N–C) groups is 1. The Labute approximate surface area is 258 Å². The second-order valence-corrected chi connectivity index (χ2v) is 12.3. The third-order valence-corrected chi connectivity index (χ3v) is 8.41. The molecule has 1 aliphatic heterocycles. The molecule has 1 heterocycles. The maximum atomic E-state index is 14.5. The van der Waals surface area contributed by atoms with Crippen LogP contribution in [0.5, 0.6) is 0 Å². The van der Waals surface area contributed by atoms with Crippen LogP contribution in [0.3, 0.4) is 0 Å². The highest BCUT2D eigenvalue weighted by molar-refractivity contribution is 9.11. The molecule has 0 N–H and O–H groups in total. The monoisotopic (exact) mass is 649 g/mol. The number of ketones is 1. The quantitative estimate of drug-likeness (QED) is 0.203. The lowest BCUT2D eigenvalue weighted by molar-refractivity contribution is -0.112. The van der Waals surface area contributed by atoms with E-state index in [-0.39, 0.29) is 23.6 Å². The third-order valence-electron chi connectivity index (χ3n) is 6.94. The van der Waals surface area contributed by atoms with Gasteiger partial charge in [0.1, 0.15) is 5.70 Å². The molecule has 0 amide bonds. The fourth-order valence-electron chi connectivity index (χ4n) is 4.61. The fraction of sp³-hybridized carbons (Fsp3) is 0.229. The molecule has 7 heteroatoms. The van der Waals surface area contributed by atoms with Crippen LogP contribution in [0.15, 0.2) is 150 Å². The number of hydrogen-bond donors (Lipinski definition) is 0. The van der Waals surface area contributed by atoms with E-state index >= 15 is 0 Å². The standard InChI is InChI=1S/C35H31BrF3NOS/c1-22(2)18-19-42-24(4)25-10-7-11-27(15-14-25)34(41)33-31(36)21-29-17-16-28(20-30(32(29)40-33)35(37,38)39)26-9-6-5-8-23(3)12-13-26/h5,9-13,16-20H,1,4,7-8,14-15,21H2,2-3H3. The van der Waals surface area contributed by atoms with Crippen LogP contribution in [-0.4, -0.2) is 17.7 Å². The van der Waals surface area contributed by atoms with E-state index in [9.17, 15) is 18.0 Å². The Morgan fingerprint density at radius 2 is 1.81 bits per heavy atom. The number of Topliss-reactive ketones (excluding diaryl/α,β-unsaturated/α-hetero) is 1. The Morgan fingerprint density at radius 1 is 1.10 bits per heavy atom. The molecular formula is C35H31BrF3NOS. The zero-order valence-corrected chi connectivity index (χ0v) is 26.0. The number of fused-ring (bicyclic) bond motifs is 1. The number of alkyl halides is 3. The van der Waals surface area contributed by atoms with Crippen molar-refractivity contribution in [3.8, 4) is 0 Å². The van der Waals surface area contributed by atoms with Crippen LogP contribution in [0.25, 0.3) is 0 Å². The van der Waals surface area contributed by atoms with E-state index in [4.69, 9.17) is 0 Å². The summed E-state index contributed by atoms with van der Waals surface area (Å²) in [5.74, 6) is -0.362. The summed E-state index contributed by atoms with van der Waals surface area (Å²) in [6, 6.07) is 0. The highest BCUT2D eigenvalue weighted by Crippen LogP contribution is 2.40. The summed E-state index contributed by atoms with van der Waals surface area (Å²) < 4.78 is 44.0. The Kier molecular flexibility index (Phi) is 10.3. The molecule has 0 unspecified atom stereocenters. The molecule has 0 saturated heterocycles. The van der Waals surface area contributed by atoms with Crippen molar-refractivity contribution in [1.82, 2.24) is 0 Å². The van der Waals surface area contributed by atoms with E-state index < -0.39 is 11.7 Å². The zero-order valence-electron chi connectivity index (χ0n) is 23.6. The summed E-state index contributed by atoms with van der Waals surface area (Å²) in [7, 11) is 0. The van der Waals surface area contributed by atoms with Gasteiger partial charge in [-0.1, -0.05) is 94.5 Å². The van der Waals surface area contributed by atoms with Gasteiger partial charge in [-0.25, -0.2) is 4.99 Å². The number of halogens is 4. The maximum absolute atomic E-state index is 14.5. The van der Waals surface area contributed by atoms with Crippen molar-refractivity contribution in [2.75, 3.05) is 0 Å². The van der Waals surface area contributed by atoms with Gasteiger partial charge in [0.25, 0.3) is 0 Å². The van der Waals surface area contributed by atoms with Gasteiger partial charge in [0.05, 0.1) is 11.3 Å². The molecule has 4 aliphatic rings. The molecule has 3 aliphatic carbocycles. The first-order valence-electron chi connectivity index (χ1n) is 13.5. The molecule has 0 radical (unpaired) electrons. The first-order chi connectivity index (χ1) is 19.9. The minimum atomic E-state index is -4.68. The topological polar surface area (TPSA) is 29.4 Å². The molecule has 0 aromatic carbocycles. The molecule has 0 atom stereocenters. The van der Waals surface area contributed by atoms with Crippen molar-refractivity contribution in [3.05, 3.63) is 145 Å². The van der Waals surface area contributed by atoms with Crippen molar-refractivity contribution in [3.63, 3.8) is 0 Å². The van der Waals surface area contributed by atoms with Gasteiger partial charge in [0, 0.05) is 15.8 Å². The predicted octanol–water partition coefficient (Wildman–Crippen LogP) is 10.7. The van der Waals surface area contributed by atoms with Crippen LogP contribution in [0.4, 0.5) is 13.2 Å². The van der Waals surface area contributed by atoms with E-state index in [2.05, 4.69) is 39.8 Å². The molecule has 2 nitrogen and oxygen atoms in total. The molecule has 42 heavy (non-hydrogen) atoms. The van der Waals surface area contributed by atoms with Gasteiger partial charge in [0.2, 0.25) is 5.78 Å². The maximum Gasteiger partial charge on any atom is 0.418 e. The van der Waals surface area contributed by atoms with Gasteiger partial charge >= 0.3 is 6.18 Å². The number of allylic oxidation sites excluding steroid dienone is 18. The molecule has 0 fully saturated rings. The summed E-state index contributed by atoms with van der Waals surface area (Å²) in [5, 5.41) is 1.93. The number of thioether (sulfide) groups is 1. The van der Waals surface area contributed by atoms with Crippen LogP contribution in [-0.2, 0) is 4.79 Å². The number of hydrogen-bond acceptors (Lipinski definition) is 3. The third kappa shape index (κ3) is 7.91. The summed E-state index contributed by atoms with van der Waals surface area (Å²) in [6.45, 7) is 11.9. The van der Waals surface area contributed by atoms with Gasteiger partial charge in [-0.15, -0.1) is 5.73 Å².